The summed E-state index contributed by atoms with van der Waals surface area (Å²) in [7, 11) is 0. The highest BCUT2D eigenvalue weighted by molar-refractivity contribution is 6.08. The molecule has 1 heterocycles. The van der Waals surface area contributed by atoms with Crippen LogP contribution in [0.3, 0.4) is 0 Å². The van der Waals surface area contributed by atoms with Crippen molar-refractivity contribution in [2.75, 3.05) is 11.9 Å². The summed E-state index contributed by atoms with van der Waals surface area (Å²) in [5, 5.41) is 5.40. The van der Waals surface area contributed by atoms with Gasteiger partial charge in [0.2, 0.25) is 5.91 Å². The molecular weight excluding hydrogens is 342 g/mol. The maximum Gasteiger partial charge on any atom is 0.325 e. The van der Waals surface area contributed by atoms with E-state index in [0.717, 1.165) is 28.0 Å². The van der Waals surface area contributed by atoms with Crippen LogP contribution in [-0.4, -0.2) is 29.3 Å². The smallest absolute Gasteiger partial charge is 0.325 e. The maximum absolute atomic E-state index is 12.7. The lowest BCUT2D eigenvalue weighted by Gasteiger charge is -2.15. The van der Waals surface area contributed by atoms with Gasteiger partial charge in [-0.25, -0.2) is 4.79 Å². The zero-order valence-electron chi connectivity index (χ0n) is 15.7. The first-order chi connectivity index (χ1) is 12.9. The standard InChI is InChI=1S/C21H23N3O3/c1-4-15-8-10-16(11-9-15)22-18(25)12-24-20(26)19(23-21(24)27)17-7-5-6-13(2)14(17)3/h5-11,19H,4,12H2,1-3H3,(H,22,25)(H,23,27)/t19-/m1/s1. The van der Waals surface area contributed by atoms with Crippen LogP contribution in [-0.2, 0) is 16.0 Å². The Labute approximate surface area is 158 Å². The van der Waals surface area contributed by atoms with Gasteiger partial charge in [-0.3, -0.25) is 14.5 Å². The summed E-state index contributed by atoms with van der Waals surface area (Å²) in [6.45, 7) is 5.60. The maximum atomic E-state index is 12.7. The molecule has 1 aliphatic rings. The molecule has 1 fully saturated rings. The van der Waals surface area contributed by atoms with E-state index in [-0.39, 0.29) is 6.54 Å². The Morgan fingerprint density at radius 3 is 2.48 bits per heavy atom. The molecule has 1 saturated heterocycles. The molecule has 0 saturated carbocycles. The Balaban J connectivity index is 1.69. The number of carbonyl (C=O) groups excluding carboxylic acids is 3. The van der Waals surface area contributed by atoms with Gasteiger partial charge in [0.05, 0.1) is 0 Å². The fourth-order valence-electron chi connectivity index (χ4n) is 3.13. The number of imide groups is 1. The van der Waals surface area contributed by atoms with E-state index in [4.69, 9.17) is 0 Å². The number of benzene rings is 2. The summed E-state index contributed by atoms with van der Waals surface area (Å²) in [4.78, 5) is 38.2. The average molecular weight is 365 g/mol. The van der Waals surface area contributed by atoms with Gasteiger partial charge in [0.1, 0.15) is 12.6 Å². The van der Waals surface area contributed by atoms with Crippen LogP contribution in [0.1, 0.15) is 35.2 Å². The van der Waals surface area contributed by atoms with Crippen molar-refractivity contribution in [3.05, 3.63) is 64.7 Å². The lowest BCUT2D eigenvalue weighted by molar-refractivity contribution is -0.130. The predicted molar refractivity (Wildman–Crippen MR) is 103 cm³/mol. The number of hydrogen-bond donors (Lipinski definition) is 2. The first-order valence-electron chi connectivity index (χ1n) is 8.97. The molecule has 1 aliphatic heterocycles. The number of nitrogens with one attached hydrogen (secondary N) is 2. The van der Waals surface area contributed by atoms with Crippen LogP contribution in [0, 0.1) is 13.8 Å². The van der Waals surface area contributed by atoms with Crippen LogP contribution in [0.2, 0.25) is 0 Å². The summed E-state index contributed by atoms with van der Waals surface area (Å²) in [6.07, 6.45) is 0.913. The van der Waals surface area contributed by atoms with E-state index in [9.17, 15) is 14.4 Å². The second kappa shape index (κ2) is 7.61. The number of hydrogen-bond acceptors (Lipinski definition) is 3. The normalized spacial score (nSPS) is 16.4. The molecule has 0 radical (unpaired) electrons. The first kappa shape index (κ1) is 18.6. The minimum Gasteiger partial charge on any atom is -0.325 e. The van der Waals surface area contributed by atoms with Crippen molar-refractivity contribution in [3.8, 4) is 0 Å². The summed E-state index contributed by atoms with van der Waals surface area (Å²) in [5.41, 5.74) is 4.56. The second-order valence-corrected chi connectivity index (χ2v) is 6.69. The van der Waals surface area contributed by atoms with Crippen LogP contribution in [0.15, 0.2) is 42.5 Å². The van der Waals surface area contributed by atoms with Crippen molar-refractivity contribution in [1.82, 2.24) is 10.2 Å². The molecule has 3 rings (SSSR count). The SMILES string of the molecule is CCc1ccc(NC(=O)CN2C(=O)N[C@H](c3cccc(C)c3C)C2=O)cc1. The minimum absolute atomic E-state index is 0.318. The van der Waals surface area contributed by atoms with E-state index < -0.39 is 23.9 Å². The van der Waals surface area contributed by atoms with Gasteiger partial charge < -0.3 is 10.6 Å². The van der Waals surface area contributed by atoms with Crippen molar-refractivity contribution in [3.63, 3.8) is 0 Å². The molecule has 2 N–H and O–H groups in total. The lowest BCUT2D eigenvalue weighted by Crippen LogP contribution is -2.38. The molecule has 0 bridgehead atoms. The average Bonchev–Trinajstić information content (AvgIpc) is 2.92. The molecule has 6 heteroatoms. The summed E-state index contributed by atoms with van der Waals surface area (Å²) < 4.78 is 0. The van der Waals surface area contributed by atoms with Crippen molar-refractivity contribution < 1.29 is 14.4 Å². The lowest BCUT2D eigenvalue weighted by atomic mass is 9.97. The van der Waals surface area contributed by atoms with E-state index in [1.54, 1.807) is 0 Å². The Hall–Kier alpha value is -3.15. The number of aryl methyl sites for hydroxylation is 2. The Bertz CT molecular complexity index is 890. The van der Waals surface area contributed by atoms with E-state index in [0.29, 0.717) is 5.69 Å². The molecule has 0 aliphatic carbocycles. The molecule has 27 heavy (non-hydrogen) atoms. The number of nitrogens with zero attached hydrogens (tertiary/aromatic N) is 1. The van der Waals surface area contributed by atoms with Crippen molar-refractivity contribution in [2.24, 2.45) is 0 Å². The molecule has 1 atom stereocenters. The molecule has 0 spiro atoms. The monoisotopic (exact) mass is 365 g/mol. The molecular formula is C21H23N3O3. The highest BCUT2D eigenvalue weighted by Crippen LogP contribution is 2.26. The number of amides is 4. The third-order valence-electron chi connectivity index (χ3n) is 4.93. The topological polar surface area (TPSA) is 78.5 Å². The molecule has 0 aromatic heterocycles. The van der Waals surface area contributed by atoms with Crippen LogP contribution < -0.4 is 10.6 Å². The fraction of sp³-hybridized carbons (Fsp3) is 0.286. The summed E-state index contributed by atoms with van der Waals surface area (Å²) in [5.74, 6) is -0.824. The van der Waals surface area contributed by atoms with Crippen molar-refractivity contribution >= 4 is 23.5 Å². The Morgan fingerprint density at radius 2 is 1.81 bits per heavy atom. The Kier molecular flexibility index (Phi) is 5.26. The number of carbonyl (C=O) groups is 3. The summed E-state index contributed by atoms with van der Waals surface area (Å²) >= 11 is 0. The van der Waals surface area contributed by atoms with Gasteiger partial charge in [0.15, 0.2) is 0 Å². The molecule has 2 aromatic rings. The van der Waals surface area contributed by atoms with Crippen molar-refractivity contribution in [1.29, 1.82) is 0 Å². The quantitative estimate of drug-likeness (QED) is 0.799. The van der Waals surface area contributed by atoms with E-state index in [2.05, 4.69) is 17.6 Å². The van der Waals surface area contributed by atoms with Crippen LogP contribution in [0.4, 0.5) is 10.5 Å². The van der Waals surface area contributed by atoms with Gasteiger partial charge in [0, 0.05) is 5.69 Å². The van der Waals surface area contributed by atoms with Gasteiger partial charge in [-0.05, 0) is 54.7 Å². The first-order valence-corrected chi connectivity index (χ1v) is 8.97. The van der Waals surface area contributed by atoms with Crippen LogP contribution in [0.5, 0.6) is 0 Å². The largest absolute Gasteiger partial charge is 0.325 e. The zero-order valence-corrected chi connectivity index (χ0v) is 15.7. The van der Waals surface area contributed by atoms with E-state index in [1.807, 2.05) is 56.3 Å². The number of anilines is 1. The third kappa shape index (κ3) is 3.84. The van der Waals surface area contributed by atoms with Crippen LogP contribution >= 0.6 is 0 Å². The van der Waals surface area contributed by atoms with Gasteiger partial charge in [-0.15, -0.1) is 0 Å². The highest BCUT2D eigenvalue weighted by Gasteiger charge is 2.40. The zero-order chi connectivity index (χ0) is 19.6. The van der Waals surface area contributed by atoms with E-state index >= 15 is 0 Å². The van der Waals surface area contributed by atoms with Gasteiger partial charge in [-0.1, -0.05) is 37.3 Å². The number of urea groups is 1. The van der Waals surface area contributed by atoms with Crippen LogP contribution in [0.25, 0.3) is 0 Å². The molecule has 4 amide bonds. The minimum atomic E-state index is -0.756. The van der Waals surface area contributed by atoms with Gasteiger partial charge >= 0.3 is 6.03 Å². The predicted octanol–water partition coefficient (Wildman–Crippen LogP) is 3.10. The molecule has 2 aromatic carbocycles. The van der Waals surface area contributed by atoms with Crippen molar-refractivity contribution in [2.45, 2.75) is 33.2 Å². The summed E-state index contributed by atoms with van der Waals surface area (Å²) in [6, 6.07) is 11.8. The third-order valence-corrected chi connectivity index (χ3v) is 4.93. The molecule has 0 unspecified atom stereocenters. The Morgan fingerprint density at radius 1 is 1.11 bits per heavy atom. The fourth-order valence-corrected chi connectivity index (χ4v) is 3.13. The number of rotatable bonds is 5. The van der Waals surface area contributed by atoms with Gasteiger partial charge in [-0.2, -0.15) is 0 Å². The molecule has 140 valence electrons. The van der Waals surface area contributed by atoms with Gasteiger partial charge in [0.25, 0.3) is 5.91 Å². The van der Waals surface area contributed by atoms with E-state index in [1.165, 1.54) is 5.56 Å². The molecule has 6 nitrogen and oxygen atoms in total. The highest BCUT2D eigenvalue weighted by atomic mass is 16.2. The second-order valence-electron chi connectivity index (χ2n) is 6.69.